The maximum atomic E-state index is 13.6. The summed E-state index contributed by atoms with van der Waals surface area (Å²) in [5.41, 5.74) is -3.51. The average Bonchev–Trinajstić information content (AvgIpc) is 3.13. The number of carbonyl (C=O) groups is 5. The van der Waals surface area contributed by atoms with Gasteiger partial charge in [-0.2, -0.15) is 0 Å². The topological polar surface area (TPSA) is 141 Å². The molecule has 0 unspecified atom stereocenters. The number of esters is 5. The minimum Gasteiger partial charge on any atom is -0.465 e. The summed E-state index contributed by atoms with van der Waals surface area (Å²) >= 11 is 0. The van der Waals surface area contributed by atoms with Crippen molar-refractivity contribution in [1.29, 1.82) is 0 Å². The van der Waals surface area contributed by atoms with Crippen LogP contribution < -0.4 is 0 Å². The highest BCUT2D eigenvalue weighted by Gasteiger charge is 2.81. The highest BCUT2D eigenvalue weighted by Crippen LogP contribution is 2.67. The third-order valence-corrected chi connectivity index (χ3v) is 8.75. The Kier molecular flexibility index (Phi) is 8.23. The molecule has 1 aliphatic heterocycles. The van der Waals surface area contributed by atoms with Gasteiger partial charge in [0, 0.05) is 33.6 Å². The number of hydrogen-bond donors (Lipinski definition) is 0. The minimum absolute atomic E-state index is 0.228. The van der Waals surface area contributed by atoms with Crippen LogP contribution in [0.5, 0.6) is 0 Å². The van der Waals surface area contributed by atoms with E-state index >= 15 is 0 Å². The Morgan fingerprint density at radius 3 is 2.00 bits per heavy atom. The standard InChI is InChI=1S/C30H38O11/c1-16-13-23(37-18(3)32)25(40-27(35)21-11-9-8-10-12-21)29(15-36-17(2)31)26(39-20(5)34)24(38-19(4)33)22-14-30(16,29)41-28(22,6)7/h8-12,16,22-26H,13-15H2,1-7H3/t16-,22-,23+,24-,25-,26+,29+,30+/m0/s1. The number of carbonyl (C=O) groups excluding carboxylic acids is 5. The molecule has 1 spiro atoms. The van der Waals surface area contributed by atoms with Crippen molar-refractivity contribution in [2.75, 3.05) is 6.61 Å². The van der Waals surface area contributed by atoms with Crippen molar-refractivity contribution in [2.24, 2.45) is 17.3 Å². The van der Waals surface area contributed by atoms with Gasteiger partial charge in [0.15, 0.2) is 12.2 Å². The summed E-state index contributed by atoms with van der Waals surface area (Å²) in [6.45, 7) is 10.1. The molecule has 0 radical (unpaired) electrons. The lowest BCUT2D eigenvalue weighted by Crippen LogP contribution is -2.77. The molecular weight excluding hydrogens is 536 g/mol. The zero-order valence-corrected chi connectivity index (χ0v) is 24.5. The van der Waals surface area contributed by atoms with Gasteiger partial charge in [-0.25, -0.2) is 4.79 Å². The van der Waals surface area contributed by atoms with Crippen LogP contribution in [0.3, 0.4) is 0 Å². The second kappa shape index (κ2) is 11.1. The van der Waals surface area contributed by atoms with Crippen molar-refractivity contribution in [3.8, 4) is 0 Å². The first-order valence-electron chi connectivity index (χ1n) is 13.8. The summed E-state index contributed by atoms with van der Waals surface area (Å²) in [4.78, 5) is 63.4. The number of fused-ring (bicyclic) bond motifs is 1. The summed E-state index contributed by atoms with van der Waals surface area (Å²) in [5.74, 6) is -4.11. The minimum atomic E-state index is -1.64. The second-order valence-corrected chi connectivity index (χ2v) is 11.8. The summed E-state index contributed by atoms with van der Waals surface area (Å²) in [7, 11) is 0. The smallest absolute Gasteiger partial charge is 0.338 e. The van der Waals surface area contributed by atoms with Crippen LogP contribution in [-0.4, -0.2) is 72.1 Å². The van der Waals surface area contributed by atoms with E-state index in [2.05, 4.69) is 0 Å². The molecule has 2 bridgehead atoms. The summed E-state index contributed by atoms with van der Waals surface area (Å²) < 4.78 is 36.3. The third-order valence-electron chi connectivity index (χ3n) is 8.75. The molecule has 3 aliphatic rings. The lowest BCUT2D eigenvalue weighted by atomic mass is 9.48. The molecule has 11 nitrogen and oxygen atoms in total. The zero-order chi connectivity index (χ0) is 30.3. The van der Waals surface area contributed by atoms with Crippen molar-refractivity contribution in [2.45, 2.75) is 96.9 Å². The van der Waals surface area contributed by atoms with Gasteiger partial charge in [0.05, 0.1) is 16.8 Å². The fourth-order valence-corrected chi connectivity index (χ4v) is 7.31. The lowest BCUT2D eigenvalue weighted by molar-refractivity contribution is -0.307. The lowest BCUT2D eigenvalue weighted by Gasteiger charge is -2.62. The van der Waals surface area contributed by atoms with Crippen LogP contribution in [0.25, 0.3) is 0 Å². The average molecular weight is 575 g/mol. The molecular formula is C30H38O11. The van der Waals surface area contributed by atoms with Crippen molar-refractivity contribution < 1.29 is 52.4 Å². The van der Waals surface area contributed by atoms with Crippen LogP contribution in [0.2, 0.25) is 0 Å². The molecule has 1 aromatic carbocycles. The SMILES string of the molecule is CC(=O)OC[C@@]12[C@H](OC(C)=O)[C@@H](OC(C)=O)[C@@H]3C[C@@]1(OC3(C)C)[C@@H](C)C[C@@H](OC(C)=O)[C@@H]2OC(=O)c1ccccc1. The number of ether oxygens (including phenoxy) is 6. The number of rotatable bonds is 7. The Bertz CT molecular complexity index is 1210. The first-order valence-corrected chi connectivity index (χ1v) is 13.8. The first kappa shape index (κ1) is 30.5. The van der Waals surface area contributed by atoms with Crippen LogP contribution in [-0.2, 0) is 47.6 Å². The highest BCUT2D eigenvalue weighted by molar-refractivity contribution is 5.89. The number of hydrogen-bond acceptors (Lipinski definition) is 11. The number of benzene rings is 1. The molecule has 11 heteroatoms. The van der Waals surface area contributed by atoms with Crippen LogP contribution in [0.1, 0.15) is 71.7 Å². The van der Waals surface area contributed by atoms with Crippen molar-refractivity contribution in [3.05, 3.63) is 35.9 Å². The molecule has 0 amide bonds. The van der Waals surface area contributed by atoms with Gasteiger partial charge in [-0.15, -0.1) is 0 Å². The van der Waals surface area contributed by atoms with E-state index in [0.717, 1.165) is 0 Å². The summed E-state index contributed by atoms with van der Waals surface area (Å²) in [6.07, 6.45) is -4.16. The molecule has 0 aromatic heterocycles. The van der Waals surface area contributed by atoms with Gasteiger partial charge in [-0.1, -0.05) is 25.1 Å². The van der Waals surface area contributed by atoms with Gasteiger partial charge >= 0.3 is 29.8 Å². The molecule has 2 aliphatic carbocycles. The first-order chi connectivity index (χ1) is 19.1. The van der Waals surface area contributed by atoms with Gasteiger partial charge in [0.1, 0.15) is 24.2 Å². The quantitative estimate of drug-likeness (QED) is 0.350. The molecule has 0 N–H and O–H groups in total. The summed E-state index contributed by atoms with van der Waals surface area (Å²) in [5, 5.41) is 0. The fourth-order valence-electron chi connectivity index (χ4n) is 7.31. The van der Waals surface area contributed by atoms with E-state index in [1.54, 1.807) is 30.3 Å². The summed E-state index contributed by atoms with van der Waals surface area (Å²) in [6, 6.07) is 8.23. The molecule has 4 rings (SSSR count). The van der Waals surface area contributed by atoms with E-state index in [9.17, 15) is 24.0 Å². The van der Waals surface area contributed by atoms with E-state index in [0.29, 0.717) is 6.42 Å². The molecule has 3 fully saturated rings. The normalized spacial score (nSPS) is 34.9. The van der Waals surface area contributed by atoms with Crippen molar-refractivity contribution >= 4 is 29.8 Å². The maximum Gasteiger partial charge on any atom is 0.338 e. The Labute approximate surface area is 239 Å². The molecule has 2 saturated carbocycles. The van der Waals surface area contributed by atoms with Gasteiger partial charge in [-0.3, -0.25) is 19.2 Å². The van der Waals surface area contributed by atoms with Crippen LogP contribution in [0, 0.1) is 17.3 Å². The van der Waals surface area contributed by atoms with E-state index < -0.39 is 83.4 Å². The molecule has 1 saturated heterocycles. The van der Waals surface area contributed by atoms with Crippen LogP contribution in [0.15, 0.2) is 30.3 Å². The van der Waals surface area contributed by atoms with Crippen molar-refractivity contribution in [1.82, 2.24) is 0 Å². The predicted octanol–water partition coefficient (Wildman–Crippen LogP) is 3.16. The molecule has 1 aromatic rings. The van der Waals surface area contributed by atoms with Gasteiger partial charge < -0.3 is 28.4 Å². The predicted molar refractivity (Wildman–Crippen MR) is 141 cm³/mol. The molecule has 8 atom stereocenters. The fraction of sp³-hybridized carbons (Fsp3) is 0.633. The monoisotopic (exact) mass is 574 g/mol. The molecule has 41 heavy (non-hydrogen) atoms. The third kappa shape index (κ3) is 5.31. The molecule has 1 heterocycles. The Hall–Kier alpha value is -3.47. The highest BCUT2D eigenvalue weighted by atomic mass is 16.6. The van der Waals surface area contributed by atoms with Gasteiger partial charge in [0.25, 0.3) is 0 Å². The Morgan fingerprint density at radius 1 is 0.829 bits per heavy atom. The Balaban J connectivity index is 2.01. The van der Waals surface area contributed by atoms with Crippen LogP contribution in [0.4, 0.5) is 0 Å². The Morgan fingerprint density at radius 2 is 1.44 bits per heavy atom. The zero-order valence-electron chi connectivity index (χ0n) is 24.5. The maximum absolute atomic E-state index is 13.6. The van der Waals surface area contributed by atoms with E-state index in [-0.39, 0.29) is 17.9 Å². The van der Waals surface area contributed by atoms with Crippen LogP contribution >= 0.6 is 0 Å². The largest absolute Gasteiger partial charge is 0.465 e. The van der Waals surface area contributed by atoms with Crippen molar-refractivity contribution in [3.63, 3.8) is 0 Å². The second-order valence-electron chi connectivity index (χ2n) is 11.8. The molecule has 224 valence electrons. The van der Waals surface area contributed by atoms with E-state index in [4.69, 9.17) is 28.4 Å². The van der Waals surface area contributed by atoms with Gasteiger partial charge in [0.2, 0.25) is 0 Å². The van der Waals surface area contributed by atoms with E-state index in [1.807, 2.05) is 20.8 Å². The van der Waals surface area contributed by atoms with E-state index in [1.165, 1.54) is 27.7 Å². The van der Waals surface area contributed by atoms with Gasteiger partial charge in [-0.05, 0) is 44.7 Å².